The molecule has 0 bridgehead atoms. The first-order valence-corrected chi connectivity index (χ1v) is 12.3. The van der Waals surface area contributed by atoms with Crippen molar-refractivity contribution >= 4 is 11.9 Å². The summed E-state index contributed by atoms with van der Waals surface area (Å²) in [6.07, 6.45) is -12.2. The van der Waals surface area contributed by atoms with Crippen molar-refractivity contribution in [3.63, 3.8) is 0 Å². The van der Waals surface area contributed by atoms with Crippen LogP contribution >= 0.6 is 0 Å². The molecule has 9 atom stereocenters. The Morgan fingerprint density at radius 2 is 1.59 bits per heavy atom. The lowest BCUT2D eigenvalue weighted by molar-refractivity contribution is -0.339. The molecular weight excluding hydrogens is 552 g/mol. The maximum Gasteiger partial charge on any atom is 0.229 e. The average Bonchev–Trinajstić information content (AvgIpc) is 2.95. The summed E-state index contributed by atoms with van der Waals surface area (Å²) in [7, 11) is 0. The lowest BCUT2D eigenvalue weighted by Crippen LogP contribution is -2.63. The molecule has 0 unspecified atom stereocenters. The lowest BCUT2D eigenvalue weighted by Gasteiger charge is -2.44. The zero-order valence-electron chi connectivity index (χ0n) is 21.2. The smallest absolute Gasteiger partial charge is 0.229 e. The number of hydrogen-bond donors (Lipinski definition) is 10. The summed E-state index contributed by atoms with van der Waals surface area (Å²) < 4.78 is 21.5. The van der Waals surface area contributed by atoms with E-state index in [1.165, 1.54) is 24.3 Å². The predicted octanol–water partition coefficient (Wildman–Crippen LogP) is -1.95. The quantitative estimate of drug-likeness (QED) is 0.0921. The topological polar surface area (TPSA) is 256 Å². The third-order valence-electron chi connectivity index (χ3n) is 6.62. The number of ketones is 1. The number of hydrogen-bond acceptors (Lipinski definition) is 15. The number of phenols is 4. The molecule has 2 aliphatic heterocycles. The molecule has 0 aliphatic carbocycles. The summed E-state index contributed by atoms with van der Waals surface area (Å²) in [4.78, 5) is 12.6. The molecule has 0 spiro atoms. The highest BCUT2D eigenvalue weighted by atomic mass is 16.7. The first-order valence-electron chi connectivity index (χ1n) is 12.3. The highest BCUT2D eigenvalue weighted by Gasteiger charge is 2.49. The van der Waals surface area contributed by atoms with E-state index in [2.05, 4.69) is 0 Å². The van der Waals surface area contributed by atoms with Crippen LogP contribution in [0.15, 0.2) is 36.4 Å². The van der Waals surface area contributed by atoms with E-state index in [1.54, 1.807) is 0 Å². The largest absolute Gasteiger partial charge is 0.504 e. The Bertz CT molecular complexity index is 1260. The van der Waals surface area contributed by atoms with Gasteiger partial charge in [0.15, 0.2) is 35.1 Å². The third kappa shape index (κ3) is 6.38. The van der Waals surface area contributed by atoms with Gasteiger partial charge in [0.2, 0.25) is 12.0 Å². The number of benzene rings is 2. The standard InChI is InChI=1S/C26H30O15/c27-8-17-24(41-25-22(36)19(33)15(31)9-38-25)21(35)23(37)26(40-17)39-16-6-3-11(18(32)20(16)34)12(28)4-1-10-2-5-13(29)14(30)7-10/h1-7,15,17,19,21-27,29-37H,8-9H2/t15-,17+,19-,21+,22-,23+,24+,25+,26+/m1/s1. The highest BCUT2D eigenvalue weighted by Crippen LogP contribution is 2.40. The molecule has 0 amide bonds. The first kappa shape index (κ1) is 30.4. The number of carbonyl (C=O) groups is 1. The summed E-state index contributed by atoms with van der Waals surface area (Å²) in [5, 5.41) is 100. The number of aromatic hydroxyl groups is 4. The first-order chi connectivity index (χ1) is 19.4. The minimum atomic E-state index is -1.87. The van der Waals surface area contributed by atoms with Crippen LogP contribution in [0.3, 0.4) is 0 Å². The number of aliphatic hydroxyl groups excluding tert-OH is 6. The molecule has 224 valence electrons. The van der Waals surface area contributed by atoms with Crippen LogP contribution in [-0.2, 0) is 14.2 Å². The van der Waals surface area contributed by atoms with Gasteiger partial charge in [-0.3, -0.25) is 4.79 Å². The molecule has 0 saturated carbocycles. The van der Waals surface area contributed by atoms with Gasteiger partial charge in [-0.1, -0.05) is 12.1 Å². The minimum Gasteiger partial charge on any atom is -0.504 e. The van der Waals surface area contributed by atoms with Crippen LogP contribution in [-0.4, -0.2) is 125 Å². The molecule has 2 saturated heterocycles. The Hall–Kier alpha value is -3.51. The molecule has 15 nitrogen and oxygen atoms in total. The normalized spacial score (nSPS) is 32.2. The zero-order chi connectivity index (χ0) is 30.0. The van der Waals surface area contributed by atoms with Gasteiger partial charge in [0, 0.05) is 0 Å². The summed E-state index contributed by atoms with van der Waals surface area (Å²) in [6, 6.07) is 6.02. The Balaban J connectivity index is 1.45. The van der Waals surface area contributed by atoms with Crippen molar-refractivity contribution in [3.05, 3.63) is 47.5 Å². The van der Waals surface area contributed by atoms with Crippen LogP contribution < -0.4 is 4.74 Å². The number of aliphatic hydroxyl groups is 6. The predicted molar refractivity (Wildman–Crippen MR) is 134 cm³/mol. The molecule has 0 radical (unpaired) electrons. The molecular formula is C26H30O15. The molecule has 10 N–H and O–H groups in total. The van der Waals surface area contributed by atoms with Gasteiger partial charge in [-0.25, -0.2) is 0 Å². The van der Waals surface area contributed by atoms with E-state index in [0.29, 0.717) is 5.56 Å². The van der Waals surface area contributed by atoms with Crippen LogP contribution in [0.2, 0.25) is 0 Å². The second-order valence-corrected chi connectivity index (χ2v) is 9.43. The third-order valence-corrected chi connectivity index (χ3v) is 6.62. The van der Waals surface area contributed by atoms with Gasteiger partial charge in [0.25, 0.3) is 0 Å². The van der Waals surface area contributed by atoms with Crippen molar-refractivity contribution in [2.24, 2.45) is 0 Å². The van der Waals surface area contributed by atoms with Crippen LogP contribution in [0, 0.1) is 0 Å². The van der Waals surface area contributed by atoms with Gasteiger partial charge < -0.3 is 70.0 Å². The van der Waals surface area contributed by atoms with Crippen molar-refractivity contribution in [1.82, 2.24) is 0 Å². The van der Waals surface area contributed by atoms with E-state index in [9.17, 15) is 55.9 Å². The van der Waals surface area contributed by atoms with Gasteiger partial charge in [0.05, 0.1) is 18.8 Å². The zero-order valence-corrected chi connectivity index (χ0v) is 21.2. The second-order valence-electron chi connectivity index (χ2n) is 9.43. The van der Waals surface area contributed by atoms with Gasteiger partial charge in [-0.05, 0) is 35.9 Å². The SMILES string of the molecule is O=C(C=Cc1ccc(O)c(O)c1)c1ccc(O[C@H]2O[C@@H](CO)[C@H](O[C@@H]3OC[C@@H](O)[C@@H](O)[C@H]3O)[C@@H](O)[C@@H]2O)c(O)c1O. The van der Waals surface area contributed by atoms with Crippen LogP contribution in [0.25, 0.3) is 6.08 Å². The minimum absolute atomic E-state index is 0.334. The maximum atomic E-state index is 12.6. The van der Waals surface area contributed by atoms with Gasteiger partial charge in [-0.15, -0.1) is 0 Å². The number of allylic oxidation sites excluding steroid dienone is 1. The second kappa shape index (κ2) is 12.6. The molecule has 15 heteroatoms. The molecule has 2 aromatic rings. The van der Waals surface area contributed by atoms with Gasteiger partial charge >= 0.3 is 0 Å². The number of rotatable bonds is 8. The fourth-order valence-corrected chi connectivity index (χ4v) is 4.26. The Morgan fingerprint density at radius 1 is 0.878 bits per heavy atom. The van der Waals surface area contributed by atoms with Crippen molar-refractivity contribution in [3.8, 4) is 28.7 Å². The van der Waals surface area contributed by atoms with Crippen molar-refractivity contribution in [1.29, 1.82) is 0 Å². The van der Waals surface area contributed by atoms with Crippen molar-refractivity contribution in [2.45, 2.75) is 55.3 Å². The summed E-state index contributed by atoms with van der Waals surface area (Å²) in [6.45, 7) is -1.18. The highest BCUT2D eigenvalue weighted by molar-refractivity contribution is 6.09. The van der Waals surface area contributed by atoms with Crippen LogP contribution in [0.5, 0.6) is 28.7 Å². The molecule has 2 heterocycles. The Morgan fingerprint density at radius 3 is 2.27 bits per heavy atom. The molecule has 2 fully saturated rings. The molecule has 2 aliphatic rings. The molecule has 4 rings (SSSR count). The van der Waals surface area contributed by atoms with E-state index in [-0.39, 0.29) is 11.3 Å². The number of carbonyl (C=O) groups excluding carboxylic acids is 1. The van der Waals surface area contributed by atoms with E-state index < -0.39 is 97.3 Å². The summed E-state index contributed by atoms with van der Waals surface area (Å²) >= 11 is 0. The van der Waals surface area contributed by atoms with E-state index >= 15 is 0 Å². The van der Waals surface area contributed by atoms with Gasteiger partial charge in [0.1, 0.15) is 42.7 Å². The maximum absolute atomic E-state index is 12.6. The Labute approximate surface area is 231 Å². The molecule has 0 aromatic heterocycles. The van der Waals surface area contributed by atoms with E-state index in [1.807, 2.05) is 0 Å². The Kier molecular flexibility index (Phi) is 9.33. The fourth-order valence-electron chi connectivity index (χ4n) is 4.26. The lowest BCUT2D eigenvalue weighted by atomic mass is 9.98. The monoisotopic (exact) mass is 582 g/mol. The van der Waals surface area contributed by atoms with Crippen molar-refractivity contribution in [2.75, 3.05) is 13.2 Å². The fraction of sp³-hybridized carbons (Fsp3) is 0.423. The van der Waals surface area contributed by atoms with E-state index in [0.717, 1.165) is 18.2 Å². The molecule has 41 heavy (non-hydrogen) atoms. The molecule has 2 aromatic carbocycles. The number of ether oxygens (including phenoxy) is 4. The van der Waals surface area contributed by atoms with Crippen LogP contribution in [0.1, 0.15) is 15.9 Å². The van der Waals surface area contributed by atoms with E-state index in [4.69, 9.17) is 18.9 Å². The number of phenolic OH excluding ortho intramolecular Hbond substituents is 4. The average molecular weight is 583 g/mol. The van der Waals surface area contributed by atoms with Gasteiger partial charge in [-0.2, -0.15) is 0 Å². The van der Waals surface area contributed by atoms with Crippen molar-refractivity contribution < 1.29 is 74.8 Å². The summed E-state index contributed by atoms with van der Waals surface area (Å²) in [5.74, 6) is -3.73. The van der Waals surface area contributed by atoms with Crippen LogP contribution in [0.4, 0.5) is 0 Å². The summed E-state index contributed by atoms with van der Waals surface area (Å²) in [5.41, 5.74) is 0.0256.